The van der Waals surface area contributed by atoms with Crippen molar-refractivity contribution in [1.29, 1.82) is 0 Å². The van der Waals surface area contributed by atoms with Gasteiger partial charge in [0, 0.05) is 13.1 Å². The number of ether oxygens (including phenoxy) is 1. The van der Waals surface area contributed by atoms with Crippen molar-refractivity contribution < 1.29 is 13.9 Å². The van der Waals surface area contributed by atoms with Gasteiger partial charge in [0.25, 0.3) is 0 Å². The Morgan fingerprint density at radius 3 is 2.75 bits per heavy atom. The minimum atomic E-state index is -0.299. The van der Waals surface area contributed by atoms with Gasteiger partial charge in [-0.15, -0.1) is 0 Å². The lowest BCUT2D eigenvalue weighted by molar-refractivity contribution is -0.131. The lowest BCUT2D eigenvalue weighted by Gasteiger charge is -2.22. The summed E-state index contributed by atoms with van der Waals surface area (Å²) in [6, 6.07) is 5.79. The number of amides is 1. The molecule has 110 valence electrons. The third kappa shape index (κ3) is 3.70. The quantitative estimate of drug-likeness (QED) is 0.894. The van der Waals surface area contributed by atoms with Crippen LogP contribution in [-0.4, -0.2) is 37.0 Å². The zero-order valence-electron chi connectivity index (χ0n) is 11.8. The Morgan fingerprint density at radius 2 is 2.15 bits per heavy atom. The highest BCUT2D eigenvalue weighted by Crippen LogP contribution is 2.28. The fourth-order valence-corrected chi connectivity index (χ4v) is 2.35. The van der Waals surface area contributed by atoms with Gasteiger partial charge in [-0.05, 0) is 42.6 Å². The molecular weight excluding hydrogens is 259 g/mol. The number of benzene rings is 1. The fourth-order valence-electron chi connectivity index (χ4n) is 2.35. The Morgan fingerprint density at radius 1 is 1.45 bits per heavy atom. The van der Waals surface area contributed by atoms with Gasteiger partial charge in [-0.2, -0.15) is 0 Å². The predicted octanol–water partition coefficient (Wildman–Crippen LogP) is 1.79. The molecule has 0 aliphatic carbocycles. The summed E-state index contributed by atoms with van der Waals surface area (Å²) in [4.78, 5) is 13.9. The Bertz CT molecular complexity index is 463. The highest BCUT2D eigenvalue weighted by atomic mass is 19.1. The normalized spacial score (nSPS) is 22.1. The number of hydrogen-bond donors (Lipinski definition) is 1. The molecule has 0 spiro atoms. The van der Waals surface area contributed by atoms with Crippen LogP contribution < -0.4 is 10.5 Å². The van der Waals surface area contributed by atoms with Crippen LogP contribution in [0.3, 0.4) is 0 Å². The van der Waals surface area contributed by atoms with Crippen molar-refractivity contribution in [2.24, 2.45) is 11.1 Å². The average molecular weight is 280 g/mol. The van der Waals surface area contributed by atoms with E-state index in [1.165, 1.54) is 12.1 Å². The predicted molar refractivity (Wildman–Crippen MR) is 74.9 cm³/mol. The molecular formula is C15H21FN2O2. The maximum absolute atomic E-state index is 12.7. The van der Waals surface area contributed by atoms with Crippen molar-refractivity contribution in [3.05, 3.63) is 30.1 Å². The van der Waals surface area contributed by atoms with Gasteiger partial charge in [0.2, 0.25) is 5.91 Å². The van der Waals surface area contributed by atoms with Gasteiger partial charge in [0.05, 0.1) is 13.0 Å². The highest BCUT2D eigenvalue weighted by Gasteiger charge is 2.34. The van der Waals surface area contributed by atoms with Crippen LogP contribution in [0.2, 0.25) is 0 Å². The molecule has 1 aliphatic heterocycles. The molecule has 1 atom stereocenters. The van der Waals surface area contributed by atoms with Crippen molar-refractivity contribution in [2.45, 2.75) is 19.8 Å². The standard InChI is InChI=1S/C15H21FN2O2/c1-15(10-17)7-8-18(11-15)14(19)6-9-20-13-4-2-12(16)3-5-13/h2-5H,6-11,17H2,1H3. The Kier molecular flexibility index (Phi) is 4.60. The summed E-state index contributed by atoms with van der Waals surface area (Å²) in [5.41, 5.74) is 5.77. The number of likely N-dealkylation sites (tertiary alicyclic amines) is 1. The summed E-state index contributed by atoms with van der Waals surface area (Å²) in [6.45, 7) is 4.50. The third-order valence-corrected chi connectivity index (χ3v) is 3.80. The van der Waals surface area contributed by atoms with E-state index in [1.807, 2.05) is 4.90 Å². The Balaban J connectivity index is 1.74. The molecule has 2 N–H and O–H groups in total. The lowest BCUT2D eigenvalue weighted by atomic mass is 9.90. The van der Waals surface area contributed by atoms with Gasteiger partial charge in [0.1, 0.15) is 11.6 Å². The molecule has 0 saturated carbocycles. The molecule has 0 radical (unpaired) electrons. The molecule has 1 aromatic rings. The molecule has 1 aromatic carbocycles. The van der Waals surface area contributed by atoms with Crippen LogP contribution in [0.1, 0.15) is 19.8 Å². The molecule has 20 heavy (non-hydrogen) atoms. The molecule has 1 aliphatic rings. The van der Waals surface area contributed by atoms with Gasteiger partial charge in [-0.25, -0.2) is 4.39 Å². The van der Waals surface area contributed by atoms with Crippen LogP contribution in [0.5, 0.6) is 5.75 Å². The van der Waals surface area contributed by atoms with Crippen molar-refractivity contribution in [3.8, 4) is 5.75 Å². The number of rotatable bonds is 5. The van der Waals surface area contributed by atoms with E-state index in [-0.39, 0.29) is 17.1 Å². The molecule has 4 nitrogen and oxygen atoms in total. The first-order valence-electron chi connectivity index (χ1n) is 6.89. The van der Waals surface area contributed by atoms with E-state index in [0.717, 1.165) is 19.5 Å². The number of nitrogens with two attached hydrogens (primary N) is 1. The van der Waals surface area contributed by atoms with Gasteiger partial charge < -0.3 is 15.4 Å². The number of nitrogens with zero attached hydrogens (tertiary/aromatic N) is 1. The van der Waals surface area contributed by atoms with Crippen molar-refractivity contribution in [2.75, 3.05) is 26.2 Å². The fraction of sp³-hybridized carbons (Fsp3) is 0.533. The topological polar surface area (TPSA) is 55.6 Å². The maximum Gasteiger partial charge on any atom is 0.226 e. The van der Waals surface area contributed by atoms with Crippen LogP contribution in [0.4, 0.5) is 4.39 Å². The maximum atomic E-state index is 12.7. The molecule has 1 amide bonds. The minimum Gasteiger partial charge on any atom is -0.493 e. The van der Waals surface area contributed by atoms with E-state index in [0.29, 0.717) is 25.3 Å². The van der Waals surface area contributed by atoms with Gasteiger partial charge in [-0.3, -0.25) is 4.79 Å². The second-order valence-electron chi connectivity index (χ2n) is 5.63. The van der Waals surface area contributed by atoms with Crippen LogP contribution in [0, 0.1) is 11.2 Å². The monoisotopic (exact) mass is 280 g/mol. The summed E-state index contributed by atoms with van der Waals surface area (Å²) in [5, 5.41) is 0. The number of carbonyl (C=O) groups is 1. The number of carbonyl (C=O) groups excluding carboxylic acids is 1. The zero-order chi connectivity index (χ0) is 14.6. The van der Waals surface area contributed by atoms with Gasteiger partial charge >= 0.3 is 0 Å². The van der Waals surface area contributed by atoms with E-state index in [4.69, 9.17) is 10.5 Å². The smallest absolute Gasteiger partial charge is 0.226 e. The van der Waals surface area contributed by atoms with Gasteiger partial charge in [0.15, 0.2) is 0 Å². The minimum absolute atomic E-state index is 0.0491. The molecule has 0 aromatic heterocycles. The van der Waals surface area contributed by atoms with E-state index in [2.05, 4.69) is 6.92 Å². The summed E-state index contributed by atoms with van der Waals surface area (Å²) >= 11 is 0. The third-order valence-electron chi connectivity index (χ3n) is 3.80. The SMILES string of the molecule is CC1(CN)CCN(C(=O)CCOc2ccc(F)cc2)C1. The first-order chi connectivity index (χ1) is 9.52. The largest absolute Gasteiger partial charge is 0.493 e. The second-order valence-corrected chi connectivity index (χ2v) is 5.63. The molecule has 1 unspecified atom stereocenters. The van der Waals surface area contributed by atoms with Gasteiger partial charge in [-0.1, -0.05) is 6.92 Å². The number of hydrogen-bond acceptors (Lipinski definition) is 3. The Hall–Kier alpha value is -1.62. The highest BCUT2D eigenvalue weighted by molar-refractivity contribution is 5.76. The van der Waals surface area contributed by atoms with Crippen molar-refractivity contribution in [1.82, 2.24) is 4.90 Å². The lowest BCUT2D eigenvalue weighted by Crippen LogP contribution is -2.35. The second kappa shape index (κ2) is 6.22. The van der Waals surface area contributed by atoms with Crippen molar-refractivity contribution in [3.63, 3.8) is 0 Å². The van der Waals surface area contributed by atoms with E-state index < -0.39 is 0 Å². The van der Waals surface area contributed by atoms with Crippen LogP contribution in [-0.2, 0) is 4.79 Å². The zero-order valence-corrected chi connectivity index (χ0v) is 11.8. The molecule has 1 saturated heterocycles. The first kappa shape index (κ1) is 14.8. The van der Waals surface area contributed by atoms with Crippen molar-refractivity contribution >= 4 is 5.91 Å². The molecule has 0 bridgehead atoms. The van der Waals surface area contributed by atoms with E-state index in [9.17, 15) is 9.18 Å². The molecule has 2 rings (SSSR count). The summed E-state index contributed by atoms with van der Waals surface area (Å²) in [5.74, 6) is 0.364. The van der Waals surface area contributed by atoms with Crippen LogP contribution in [0.25, 0.3) is 0 Å². The van der Waals surface area contributed by atoms with E-state index in [1.54, 1.807) is 12.1 Å². The number of halogens is 1. The summed E-state index contributed by atoms with van der Waals surface area (Å²) < 4.78 is 18.2. The molecule has 1 fully saturated rings. The molecule has 1 heterocycles. The summed E-state index contributed by atoms with van der Waals surface area (Å²) in [7, 11) is 0. The molecule has 5 heteroatoms. The first-order valence-corrected chi connectivity index (χ1v) is 6.89. The van der Waals surface area contributed by atoms with E-state index >= 15 is 0 Å². The summed E-state index contributed by atoms with van der Waals surface area (Å²) in [6.07, 6.45) is 1.28. The van der Waals surface area contributed by atoms with Crippen LogP contribution >= 0.6 is 0 Å². The van der Waals surface area contributed by atoms with Crippen LogP contribution in [0.15, 0.2) is 24.3 Å². The Labute approximate surface area is 118 Å². The average Bonchev–Trinajstić information content (AvgIpc) is 2.84.